The molecule has 0 bridgehead atoms. The molecule has 0 unspecified atom stereocenters. The van der Waals surface area contributed by atoms with Gasteiger partial charge in [0, 0.05) is 18.0 Å². The van der Waals surface area contributed by atoms with Gasteiger partial charge in [-0.3, -0.25) is 9.59 Å². The van der Waals surface area contributed by atoms with Crippen LogP contribution in [0.3, 0.4) is 0 Å². The van der Waals surface area contributed by atoms with E-state index in [0.717, 1.165) is 11.1 Å². The Labute approximate surface area is 157 Å². The van der Waals surface area contributed by atoms with Crippen LogP contribution in [0.2, 0.25) is 5.02 Å². The zero-order valence-electron chi connectivity index (χ0n) is 14.9. The molecule has 0 radical (unpaired) electrons. The molecule has 3 rings (SSSR count). The molecule has 1 heterocycles. The van der Waals surface area contributed by atoms with Gasteiger partial charge in [-0.25, -0.2) is 0 Å². The van der Waals surface area contributed by atoms with E-state index in [1.807, 2.05) is 19.9 Å². The maximum Gasteiger partial charge on any atom is 0.316 e. The minimum Gasteiger partial charge on any atom is -0.495 e. The number of amides is 1. The number of halogens is 1. The average Bonchev–Trinajstić information content (AvgIpc) is 2.95. The molecule has 1 saturated heterocycles. The maximum absolute atomic E-state index is 12.5. The van der Waals surface area contributed by atoms with Gasteiger partial charge in [0.15, 0.2) is 0 Å². The highest BCUT2D eigenvalue weighted by atomic mass is 35.5. The van der Waals surface area contributed by atoms with Crippen LogP contribution in [0.25, 0.3) is 0 Å². The number of anilines is 1. The first-order valence-electron chi connectivity index (χ1n) is 8.31. The summed E-state index contributed by atoms with van der Waals surface area (Å²) in [5.74, 6) is -0.0726. The van der Waals surface area contributed by atoms with Crippen LogP contribution in [-0.2, 0) is 9.59 Å². The van der Waals surface area contributed by atoms with Gasteiger partial charge in [-0.2, -0.15) is 0 Å². The van der Waals surface area contributed by atoms with Crippen LogP contribution in [0.5, 0.6) is 11.5 Å². The zero-order chi connectivity index (χ0) is 18.8. The van der Waals surface area contributed by atoms with Crippen LogP contribution in [-0.4, -0.2) is 25.5 Å². The van der Waals surface area contributed by atoms with Crippen molar-refractivity contribution in [2.75, 3.05) is 18.6 Å². The molecule has 0 saturated carbocycles. The van der Waals surface area contributed by atoms with E-state index in [1.54, 1.807) is 30.3 Å². The first kappa shape index (κ1) is 18.3. The molecule has 0 aromatic heterocycles. The van der Waals surface area contributed by atoms with Crippen molar-refractivity contribution in [1.29, 1.82) is 0 Å². The average molecular weight is 374 g/mol. The van der Waals surface area contributed by atoms with Crippen LogP contribution in [0, 0.1) is 19.8 Å². The second-order valence-electron chi connectivity index (χ2n) is 6.47. The number of rotatable bonds is 4. The third-order valence-electron chi connectivity index (χ3n) is 4.30. The lowest BCUT2D eigenvalue weighted by atomic mass is 10.1. The molecule has 136 valence electrons. The van der Waals surface area contributed by atoms with Crippen molar-refractivity contribution in [2.45, 2.75) is 20.3 Å². The van der Waals surface area contributed by atoms with Crippen LogP contribution in [0.15, 0.2) is 36.4 Å². The van der Waals surface area contributed by atoms with Crippen molar-refractivity contribution in [3.8, 4) is 11.5 Å². The fourth-order valence-corrected chi connectivity index (χ4v) is 3.33. The van der Waals surface area contributed by atoms with E-state index in [0.29, 0.717) is 22.2 Å². The minimum atomic E-state index is -0.535. The Kier molecular flexibility index (Phi) is 5.18. The second-order valence-corrected chi connectivity index (χ2v) is 6.90. The number of hydrogen-bond donors (Lipinski definition) is 0. The predicted molar refractivity (Wildman–Crippen MR) is 100 cm³/mol. The minimum absolute atomic E-state index is 0.0965. The Balaban J connectivity index is 1.77. The lowest BCUT2D eigenvalue weighted by Crippen LogP contribution is -2.27. The van der Waals surface area contributed by atoms with Gasteiger partial charge >= 0.3 is 5.97 Å². The summed E-state index contributed by atoms with van der Waals surface area (Å²) in [5, 5.41) is 0.495. The number of hydrogen-bond acceptors (Lipinski definition) is 4. The number of carbonyl (C=O) groups is 2. The van der Waals surface area contributed by atoms with Gasteiger partial charge in [0.2, 0.25) is 5.91 Å². The van der Waals surface area contributed by atoms with Gasteiger partial charge in [0.25, 0.3) is 0 Å². The first-order chi connectivity index (χ1) is 12.4. The molecule has 0 aliphatic carbocycles. The van der Waals surface area contributed by atoms with E-state index < -0.39 is 11.9 Å². The van der Waals surface area contributed by atoms with Gasteiger partial charge in [0.1, 0.15) is 11.5 Å². The van der Waals surface area contributed by atoms with Crippen LogP contribution >= 0.6 is 11.6 Å². The summed E-state index contributed by atoms with van der Waals surface area (Å²) in [4.78, 5) is 26.5. The summed E-state index contributed by atoms with van der Waals surface area (Å²) >= 11 is 6.05. The van der Waals surface area contributed by atoms with Crippen molar-refractivity contribution in [3.63, 3.8) is 0 Å². The molecule has 1 atom stereocenters. The highest BCUT2D eigenvalue weighted by Crippen LogP contribution is 2.35. The lowest BCUT2D eigenvalue weighted by Gasteiger charge is -2.19. The number of carbonyl (C=O) groups excluding carboxylic acids is 2. The fourth-order valence-electron chi connectivity index (χ4n) is 3.16. The molecule has 2 aromatic carbocycles. The topological polar surface area (TPSA) is 55.8 Å². The van der Waals surface area contributed by atoms with Crippen LogP contribution in [0.4, 0.5) is 5.69 Å². The highest BCUT2D eigenvalue weighted by Gasteiger charge is 2.37. The Morgan fingerprint density at radius 2 is 1.85 bits per heavy atom. The zero-order valence-corrected chi connectivity index (χ0v) is 15.7. The number of esters is 1. The monoisotopic (exact) mass is 373 g/mol. The molecular formula is C20H20ClNO4. The van der Waals surface area contributed by atoms with E-state index >= 15 is 0 Å². The molecule has 1 fully saturated rings. The molecule has 0 spiro atoms. The summed E-state index contributed by atoms with van der Waals surface area (Å²) in [5.41, 5.74) is 2.59. The summed E-state index contributed by atoms with van der Waals surface area (Å²) in [6.07, 6.45) is 0.0965. The normalized spacial score (nSPS) is 16.7. The standard InChI is InChI=1S/C20H20ClNO4/c1-12-6-13(2)8-16(7-12)26-20(24)14-9-19(23)22(11-14)17-10-15(21)4-5-18(17)25-3/h4-8,10,14H,9,11H2,1-3H3/t14-/m1/s1. The molecule has 1 amide bonds. The Morgan fingerprint density at radius 3 is 2.50 bits per heavy atom. The number of nitrogens with zero attached hydrogens (tertiary/aromatic N) is 1. The van der Waals surface area contributed by atoms with E-state index in [-0.39, 0.29) is 18.9 Å². The Bertz CT molecular complexity index is 845. The van der Waals surface area contributed by atoms with Crippen LogP contribution < -0.4 is 14.4 Å². The van der Waals surface area contributed by atoms with Gasteiger partial charge in [-0.1, -0.05) is 17.7 Å². The number of methoxy groups -OCH3 is 1. The second kappa shape index (κ2) is 7.38. The molecule has 26 heavy (non-hydrogen) atoms. The quantitative estimate of drug-likeness (QED) is 0.602. The van der Waals surface area contributed by atoms with Gasteiger partial charge in [0.05, 0.1) is 18.7 Å². The first-order valence-corrected chi connectivity index (χ1v) is 8.69. The summed E-state index contributed by atoms with van der Waals surface area (Å²) in [6, 6.07) is 10.7. The summed E-state index contributed by atoms with van der Waals surface area (Å²) in [6.45, 7) is 4.12. The Hall–Kier alpha value is -2.53. The van der Waals surface area contributed by atoms with E-state index in [2.05, 4.69) is 0 Å². The van der Waals surface area contributed by atoms with Crippen molar-refractivity contribution in [1.82, 2.24) is 0 Å². The highest BCUT2D eigenvalue weighted by molar-refractivity contribution is 6.31. The lowest BCUT2D eigenvalue weighted by molar-refractivity contribution is -0.139. The molecule has 6 heteroatoms. The van der Waals surface area contributed by atoms with Crippen molar-refractivity contribution >= 4 is 29.2 Å². The Morgan fingerprint density at radius 1 is 1.15 bits per heavy atom. The van der Waals surface area contributed by atoms with E-state index in [9.17, 15) is 9.59 Å². The molecular weight excluding hydrogens is 354 g/mol. The van der Waals surface area contributed by atoms with E-state index in [4.69, 9.17) is 21.1 Å². The fraction of sp³-hybridized carbons (Fsp3) is 0.300. The molecule has 5 nitrogen and oxygen atoms in total. The third-order valence-corrected chi connectivity index (χ3v) is 4.54. The van der Waals surface area contributed by atoms with Gasteiger partial charge in [-0.05, 0) is 55.3 Å². The predicted octanol–water partition coefficient (Wildman–Crippen LogP) is 3.92. The maximum atomic E-state index is 12.5. The van der Waals surface area contributed by atoms with Gasteiger partial charge in [-0.15, -0.1) is 0 Å². The molecule has 0 N–H and O–H groups in total. The van der Waals surface area contributed by atoms with Crippen molar-refractivity contribution in [3.05, 3.63) is 52.5 Å². The number of benzene rings is 2. The summed E-state index contributed by atoms with van der Waals surface area (Å²) < 4.78 is 10.8. The number of aryl methyl sites for hydroxylation is 2. The number of ether oxygens (including phenoxy) is 2. The summed E-state index contributed by atoms with van der Waals surface area (Å²) in [7, 11) is 1.53. The van der Waals surface area contributed by atoms with Gasteiger partial charge < -0.3 is 14.4 Å². The molecule has 1 aliphatic heterocycles. The molecule has 2 aromatic rings. The molecule has 1 aliphatic rings. The largest absolute Gasteiger partial charge is 0.495 e. The third kappa shape index (κ3) is 3.83. The van der Waals surface area contributed by atoms with Crippen molar-refractivity contribution in [2.24, 2.45) is 5.92 Å². The smallest absolute Gasteiger partial charge is 0.316 e. The van der Waals surface area contributed by atoms with E-state index in [1.165, 1.54) is 12.0 Å². The SMILES string of the molecule is COc1ccc(Cl)cc1N1C[C@H](C(=O)Oc2cc(C)cc(C)c2)CC1=O. The van der Waals surface area contributed by atoms with Crippen molar-refractivity contribution < 1.29 is 19.1 Å². The van der Waals surface area contributed by atoms with Crippen LogP contribution in [0.1, 0.15) is 17.5 Å².